The Morgan fingerprint density at radius 3 is 2.60 bits per heavy atom. The van der Waals surface area contributed by atoms with Crippen LogP contribution < -0.4 is 10.7 Å². The number of aryl methyl sites for hydroxylation is 1. The minimum absolute atomic E-state index is 0.153. The maximum Gasteiger partial charge on any atom is 0.203 e. The molecule has 0 spiro atoms. The second-order valence-electron chi connectivity index (χ2n) is 3.33. The molecule has 0 bridgehead atoms. The lowest BCUT2D eigenvalue weighted by molar-refractivity contribution is -0.306. The van der Waals surface area contributed by atoms with Gasteiger partial charge in [0.25, 0.3) is 0 Å². The van der Waals surface area contributed by atoms with E-state index in [4.69, 9.17) is 5.41 Å². The van der Waals surface area contributed by atoms with Crippen LogP contribution in [0.1, 0.15) is 0 Å². The van der Waals surface area contributed by atoms with Gasteiger partial charge in [-0.15, -0.1) is 0 Å². The number of carbonyl (C=O) groups excluding carboxylic acids is 1. The van der Waals surface area contributed by atoms with Crippen molar-refractivity contribution in [2.45, 2.75) is 6.54 Å². The van der Waals surface area contributed by atoms with Crippen LogP contribution >= 0.6 is 0 Å². The van der Waals surface area contributed by atoms with Gasteiger partial charge in [0.05, 0.1) is 23.5 Å². The largest absolute Gasteiger partial charge is 0.548 e. The number of aliphatic carboxylic acids is 1. The average molecular weight is 204 g/mol. The summed E-state index contributed by atoms with van der Waals surface area (Å²) in [6.07, 6.45) is 0. The summed E-state index contributed by atoms with van der Waals surface area (Å²) in [5.41, 5.74) is 1.72. The van der Waals surface area contributed by atoms with Crippen molar-refractivity contribution in [3.05, 3.63) is 29.9 Å². The molecule has 78 valence electrons. The highest BCUT2D eigenvalue weighted by atomic mass is 16.4. The number of nitrogens with one attached hydrogen (secondary N) is 1. The predicted octanol–water partition coefficient (Wildman–Crippen LogP) is -0.791. The number of hydrogen-bond acceptors (Lipinski definition) is 3. The normalized spacial score (nSPS) is 10.7. The maximum atomic E-state index is 10.5. The average Bonchev–Trinajstić information content (AvgIpc) is 2.44. The fourth-order valence-corrected chi connectivity index (χ4v) is 1.67. The molecule has 0 unspecified atom stereocenters. The SMILES string of the molecule is Cn1c(=N)n(CC(=O)[O-])c2ccccc21. The number of rotatable bonds is 2. The number of imidazole rings is 1. The number of benzene rings is 1. The Hall–Kier alpha value is -2.04. The van der Waals surface area contributed by atoms with Gasteiger partial charge in [0.15, 0.2) is 0 Å². The summed E-state index contributed by atoms with van der Waals surface area (Å²) < 4.78 is 3.04. The molecule has 1 aromatic carbocycles. The fourth-order valence-electron chi connectivity index (χ4n) is 1.67. The summed E-state index contributed by atoms with van der Waals surface area (Å²) in [6, 6.07) is 7.30. The molecule has 2 rings (SSSR count). The molecule has 15 heavy (non-hydrogen) atoms. The van der Waals surface area contributed by atoms with Crippen LogP contribution in [0.4, 0.5) is 0 Å². The minimum Gasteiger partial charge on any atom is -0.548 e. The van der Waals surface area contributed by atoms with Gasteiger partial charge in [-0.05, 0) is 12.1 Å². The van der Waals surface area contributed by atoms with Gasteiger partial charge in [-0.25, -0.2) is 0 Å². The van der Waals surface area contributed by atoms with Crippen LogP contribution in [-0.4, -0.2) is 15.1 Å². The van der Waals surface area contributed by atoms with Crippen LogP contribution in [0, 0.1) is 5.41 Å². The van der Waals surface area contributed by atoms with E-state index in [0.29, 0.717) is 0 Å². The van der Waals surface area contributed by atoms with Gasteiger partial charge >= 0.3 is 0 Å². The quantitative estimate of drug-likeness (QED) is 0.696. The number of carbonyl (C=O) groups is 1. The molecule has 1 aromatic heterocycles. The van der Waals surface area contributed by atoms with Crippen LogP contribution in [0.3, 0.4) is 0 Å². The highest BCUT2D eigenvalue weighted by molar-refractivity contribution is 5.77. The van der Waals surface area contributed by atoms with E-state index >= 15 is 0 Å². The number of para-hydroxylation sites is 2. The first kappa shape index (κ1) is 9.51. The van der Waals surface area contributed by atoms with Gasteiger partial charge in [-0.2, -0.15) is 0 Å². The Balaban J connectivity index is 2.78. The second-order valence-corrected chi connectivity index (χ2v) is 3.33. The number of aromatic nitrogens is 2. The molecule has 1 N–H and O–H groups in total. The highest BCUT2D eigenvalue weighted by Crippen LogP contribution is 2.10. The lowest BCUT2D eigenvalue weighted by Gasteiger charge is -2.04. The molecular formula is C10H10N3O2-. The predicted molar refractivity (Wildman–Crippen MR) is 51.8 cm³/mol. The Kier molecular flexibility index (Phi) is 2.07. The molecule has 2 aromatic rings. The van der Waals surface area contributed by atoms with Crippen molar-refractivity contribution in [3.63, 3.8) is 0 Å². The van der Waals surface area contributed by atoms with Crippen LogP contribution in [0.15, 0.2) is 24.3 Å². The fraction of sp³-hybridized carbons (Fsp3) is 0.200. The van der Waals surface area contributed by atoms with Gasteiger partial charge in [-0.1, -0.05) is 12.1 Å². The van der Waals surface area contributed by atoms with Crippen LogP contribution in [-0.2, 0) is 18.4 Å². The standard InChI is InChI=1S/C10H11N3O2/c1-12-7-4-2-3-5-8(7)13(10(12)11)6-9(14)15/h2-5,11H,6H2,1H3,(H,14,15)/p-1. The lowest BCUT2D eigenvalue weighted by Crippen LogP contribution is -2.33. The molecule has 0 fully saturated rings. The van der Waals surface area contributed by atoms with E-state index in [9.17, 15) is 9.90 Å². The van der Waals surface area contributed by atoms with Crippen molar-refractivity contribution < 1.29 is 9.90 Å². The number of nitrogens with zero attached hydrogens (tertiary/aromatic N) is 2. The summed E-state index contributed by atoms with van der Waals surface area (Å²) in [4.78, 5) is 10.5. The van der Waals surface area contributed by atoms with E-state index in [1.165, 1.54) is 4.57 Å². The molecular weight excluding hydrogens is 194 g/mol. The molecule has 0 amide bonds. The van der Waals surface area contributed by atoms with Crippen molar-refractivity contribution in [2.24, 2.45) is 7.05 Å². The number of carboxylic acid groups (broad SMARTS) is 1. The zero-order valence-electron chi connectivity index (χ0n) is 8.23. The molecule has 0 radical (unpaired) electrons. The topological polar surface area (TPSA) is 73.8 Å². The van der Waals surface area contributed by atoms with Gasteiger partial charge in [0.2, 0.25) is 5.62 Å². The van der Waals surface area contributed by atoms with E-state index in [1.807, 2.05) is 18.2 Å². The Morgan fingerprint density at radius 1 is 1.40 bits per heavy atom. The molecule has 0 aliphatic rings. The molecule has 0 saturated carbocycles. The molecule has 0 aliphatic carbocycles. The third-order valence-corrected chi connectivity index (χ3v) is 2.39. The maximum absolute atomic E-state index is 10.5. The van der Waals surface area contributed by atoms with Crippen molar-refractivity contribution >= 4 is 17.0 Å². The van der Waals surface area contributed by atoms with E-state index in [1.54, 1.807) is 17.7 Å². The van der Waals surface area contributed by atoms with Crippen molar-refractivity contribution in [3.8, 4) is 0 Å². The van der Waals surface area contributed by atoms with Crippen LogP contribution in [0.25, 0.3) is 11.0 Å². The summed E-state index contributed by atoms with van der Waals surface area (Å²) in [5.74, 6) is -1.19. The van der Waals surface area contributed by atoms with Gasteiger partial charge in [0, 0.05) is 7.05 Å². The molecule has 0 saturated heterocycles. The Morgan fingerprint density at radius 2 is 2.00 bits per heavy atom. The zero-order valence-corrected chi connectivity index (χ0v) is 8.23. The van der Waals surface area contributed by atoms with E-state index in [0.717, 1.165) is 11.0 Å². The molecule has 0 aliphatic heterocycles. The summed E-state index contributed by atoms with van der Waals surface area (Å²) in [7, 11) is 1.73. The summed E-state index contributed by atoms with van der Waals surface area (Å²) in [6.45, 7) is -0.291. The first-order valence-corrected chi connectivity index (χ1v) is 4.50. The third-order valence-electron chi connectivity index (χ3n) is 2.39. The molecule has 0 atom stereocenters. The third kappa shape index (κ3) is 1.41. The zero-order chi connectivity index (χ0) is 11.0. The van der Waals surface area contributed by atoms with E-state index in [-0.39, 0.29) is 12.2 Å². The number of hydrogen-bond donors (Lipinski definition) is 1. The molecule has 5 nitrogen and oxygen atoms in total. The van der Waals surface area contributed by atoms with Gasteiger partial charge < -0.3 is 19.0 Å². The van der Waals surface area contributed by atoms with Gasteiger partial charge in [-0.3, -0.25) is 5.41 Å². The second kappa shape index (κ2) is 3.27. The van der Waals surface area contributed by atoms with Crippen molar-refractivity contribution in [2.75, 3.05) is 0 Å². The first-order valence-electron chi connectivity index (χ1n) is 4.50. The van der Waals surface area contributed by atoms with E-state index < -0.39 is 5.97 Å². The number of carboxylic acids is 1. The van der Waals surface area contributed by atoms with Crippen molar-refractivity contribution in [1.29, 1.82) is 5.41 Å². The lowest BCUT2D eigenvalue weighted by atomic mass is 10.3. The monoisotopic (exact) mass is 204 g/mol. The summed E-state index contributed by atoms with van der Waals surface area (Å²) >= 11 is 0. The van der Waals surface area contributed by atoms with Crippen molar-refractivity contribution in [1.82, 2.24) is 9.13 Å². The minimum atomic E-state index is -1.19. The molecule has 5 heteroatoms. The Bertz CT molecular complexity index is 580. The smallest absolute Gasteiger partial charge is 0.203 e. The van der Waals surface area contributed by atoms with Crippen LogP contribution in [0.5, 0.6) is 0 Å². The molecule has 1 heterocycles. The van der Waals surface area contributed by atoms with Gasteiger partial charge in [0.1, 0.15) is 0 Å². The highest BCUT2D eigenvalue weighted by Gasteiger charge is 2.06. The summed E-state index contributed by atoms with van der Waals surface area (Å²) in [5, 5.41) is 18.3. The Labute approximate surface area is 85.7 Å². The first-order chi connectivity index (χ1) is 7.11. The van der Waals surface area contributed by atoms with E-state index in [2.05, 4.69) is 0 Å². The number of fused-ring (bicyclic) bond motifs is 1. The van der Waals surface area contributed by atoms with Crippen LogP contribution in [0.2, 0.25) is 0 Å².